The first kappa shape index (κ1) is 22.3. The Kier molecular flexibility index (Phi) is 8.58. The number of ether oxygens (including phenoxy) is 2. The van der Waals surface area contributed by atoms with E-state index in [1.807, 2.05) is 6.07 Å². The highest BCUT2D eigenvalue weighted by atomic mass is 32.1. The SMILES string of the molecule is COCCN(CCOC)c1ccc(N=Nc2ncc([N+](=O)[O-])s2)c(NC(C)=O)c1. The maximum atomic E-state index is 11.6. The van der Waals surface area contributed by atoms with Crippen molar-refractivity contribution in [1.82, 2.24) is 4.98 Å². The summed E-state index contributed by atoms with van der Waals surface area (Å²) in [5.74, 6) is -0.260. The molecule has 1 N–H and O–H groups in total. The minimum atomic E-state index is -0.539. The van der Waals surface area contributed by atoms with E-state index >= 15 is 0 Å². The van der Waals surface area contributed by atoms with E-state index in [9.17, 15) is 14.9 Å². The Morgan fingerprint density at radius 2 is 1.97 bits per heavy atom. The summed E-state index contributed by atoms with van der Waals surface area (Å²) in [6, 6.07) is 5.33. The van der Waals surface area contributed by atoms with Gasteiger partial charge in [-0.2, -0.15) is 0 Å². The van der Waals surface area contributed by atoms with Crippen molar-refractivity contribution in [3.8, 4) is 0 Å². The maximum Gasteiger partial charge on any atom is 0.345 e. The number of hydrogen-bond donors (Lipinski definition) is 1. The lowest BCUT2D eigenvalue weighted by molar-refractivity contribution is -0.380. The molecule has 11 nitrogen and oxygen atoms in total. The Hall–Kier alpha value is -2.96. The molecule has 1 aromatic carbocycles. The molecule has 0 bridgehead atoms. The van der Waals surface area contributed by atoms with E-state index in [2.05, 4.69) is 25.4 Å². The first-order valence-corrected chi connectivity index (χ1v) is 9.42. The summed E-state index contributed by atoms with van der Waals surface area (Å²) in [6.45, 7) is 3.74. The van der Waals surface area contributed by atoms with Gasteiger partial charge in [-0.3, -0.25) is 14.9 Å². The quantitative estimate of drug-likeness (QED) is 0.333. The van der Waals surface area contributed by atoms with Gasteiger partial charge in [-0.25, -0.2) is 4.98 Å². The van der Waals surface area contributed by atoms with Crippen LogP contribution in [0.3, 0.4) is 0 Å². The number of anilines is 2. The van der Waals surface area contributed by atoms with Gasteiger partial charge in [0.1, 0.15) is 11.9 Å². The van der Waals surface area contributed by atoms with E-state index in [1.54, 1.807) is 26.4 Å². The number of carbonyl (C=O) groups is 1. The standard InChI is InChI=1S/C17H22N6O5S/c1-12(24)19-15-10-13(22(6-8-27-2)7-9-28-3)4-5-14(15)20-21-17-18-11-16(29-17)23(25)26/h4-5,10-11H,6-9H2,1-3H3,(H,19,24). The lowest BCUT2D eigenvalue weighted by Crippen LogP contribution is -2.30. The van der Waals surface area contributed by atoms with Crippen LogP contribution in [0.5, 0.6) is 0 Å². The number of nitrogens with zero attached hydrogens (tertiary/aromatic N) is 5. The number of rotatable bonds is 11. The third-order valence-electron chi connectivity index (χ3n) is 3.69. The average molecular weight is 422 g/mol. The van der Waals surface area contributed by atoms with E-state index in [0.717, 1.165) is 23.2 Å². The molecule has 0 saturated heterocycles. The zero-order valence-corrected chi connectivity index (χ0v) is 17.1. The summed E-state index contributed by atoms with van der Waals surface area (Å²) in [7, 11) is 3.26. The second-order valence-corrected chi connectivity index (χ2v) is 6.78. The van der Waals surface area contributed by atoms with Crippen LogP contribution in [0.25, 0.3) is 0 Å². The molecule has 1 heterocycles. The second kappa shape index (κ2) is 11.1. The van der Waals surface area contributed by atoms with Gasteiger partial charge in [-0.15, -0.1) is 10.2 Å². The van der Waals surface area contributed by atoms with E-state index in [-0.39, 0.29) is 16.0 Å². The molecule has 0 unspecified atom stereocenters. The zero-order chi connectivity index (χ0) is 21.2. The van der Waals surface area contributed by atoms with Gasteiger partial charge in [0.05, 0.1) is 23.8 Å². The molecule has 2 rings (SSSR count). The number of nitro groups is 1. The predicted molar refractivity (Wildman–Crippen MR) is 110 cm³/mol. The molecule has 156 valence electrons. The number of amides is 1. The van der Waals surface area contributed by atoms with Crippen LogP contribution in [0.2, 0.25) is 0 Å². The Morgan fingerprint density at radius 3 is 2.52 bits per heavy atom. The van der Waals surface area contributed by atoms with Crippen molar-refractivity contribution in [2.24, 2.45) is 10.2 Å². The van der Waals surface area contributed by atoms with Crippen LogP contribution >= 0.6 is 11.3 Å². The van der Waals surface area contributed by atoms with E-state index in [1.165, 1.54) is 6.92 Å². The van der Waals surface area contributed by atoms with Crippen molar-refractivity contribution in [1.29, 1.82) is 0 Å². The fourth-order valence-corrected chi connectivity index (χ4v) is 2.91. The van der Waals surface area contributed by atoms with Crippen molar-refractivity contribution >= 4 is 44.4 Å². The smallest absolute Gasteiger partial charge is 0.345 e. The van der Waals surface area contributed by atoms with E-state index in [4.69, 9.17) is 9.47 Å². The van der Waals surface area contributed by atoms with Gasteiger partial charge in [-0.1, -0.05) is 0 Å². The maximum absolute atomic E-state index is 11.6. The molecule has 0 spiro atoms. The van der Waals surface area contributed by atoms with Crippen molar-refractivity contribution < 1.29 is 19.2 Å². The van der Waals surface area contributed by atoms with Gasteiger partial charge in [0.2, 0.25) is 11.0 Å². The largest absolute Gasteiger partial charge is 0.383 e. The lowest BCUT2D eigenvalue weighted by atomic mass is 10.2. The summed E-state index contributed by atoms with van der Waals surface area (Å²) < 4.78 is 10.3. The fourth-order valence-electron chi connectivity index (χ4n) is 2.35. The highest BCUT2D eigenvalue weighted by Crippen LogP contribution is 2.33. The first-order valence-electron chi connectivity index (χ1n) is 8.61. The summed E-state index contributed by atoms with van der Waals surface area (Å²) in [6.07, 6.45) is 1.13. The molecule has 0 saturated carbocycles. The van der Waals surface area contributed by atoms with Crippen LogP contribution in [-0.4, -0.2) is 56.3 Å². The summed E-state index contributed by atoms with van der Waals surface area (Å²) in [5.41, 5.74) is 1.72. The molecule has 1 aromatic heterocycles. The van der Waals surface area contributed by atoms with E-state index in [0.29, 0.717) is 37.7 Å². The fraction of sp³-hybridized carbons (Fsp3) is 0.412. The van der Waals surface area contributed by atoms with Crippen LogP contribution in [-0.2, 0) is 14.3 Å². The van der Waals surface area contributed by atoms with Crippen molar-refractivity contribution in [2.75, 3.05) is 50.7 Å². The van der Waals surface area contributed by atoms with Gasteiger partial charge in [0.15, 0.2) is 0 Å². The van der Waals surface area contributed by atoms with Crippen LogP contribution in [0.1, 0.15) is 6.92 Å². The monoisotopic (exact) mass is 422 g/mol. The van der Waals surface area contributed by atoms with Crippen LogP contribution in [0, 0.1) is 10.1 Å². The van der Waals surface area contributed by atoms with Gasteiger partial charge in [-0.05, 0) is 29.5 Å². The molecule has 12 heteroatoms. The second-order valence-electron chi connectivity index (χ2n) is 5.79. The number of hydrogen-bond acceptors (Lipinski definition) is 10. The molecule has 0 aliphatic carbocycles. The number of benzene rings is 1. The number of nitrogens with one attached hydrogen (secondary N) is 1. The van der Waals surface area contributed by atoms with Crippen molar-refractivity contribution in [2.45, 2.75) is 6.92 Å². The lowest BCUT2D eigenvalue weighted by Gasteiger charge is -2.25. The van der Waals surface area contributed by atoms with Crippen LogP contribution in [0.4, 0.5) is 27.2 Å². The summed E-state index contributed by atoms with van der Waals surface area (Å²) in [4.78, 5) is 27.7. The number of azo groups is 1. The van der Waals surface area contributed by atoms with Crippen molar-refractivity contribution in [3.63, 3.8) is 0 Å². The number of carbonyl (C=O) groups excluding carboxylic acids is 1. The summed E-state index contributed by atoms with van der Waals surface area (Å²) in [5, 5.41) is 21.5. The Bertz CT molecular complexity index is 864. The number of methoxy groups -OCH3 is 2. The van der Waals surface area contributed by atoms with Crippen molar-refractivity contribution in [3.05, 3.63) is 34.5 Å². The number of thiazole rings is 1. The molecule has 1 amide bonds. The molecular weight excluding hydrogens is 400 g/mol. The van der Waals surface area contributed by atoms with Gasteiger partial charge >= 0.3 is 5.00 Å². The third-order valence-corrected chi connectivity index (χ3v) is 4.52. The molecular formula is C17H22N6O5S. The number of aromatic nitrogens is 1. The summed E-state index contributed by atoms with van der Waals surface area (Å²) >= 11 is 0.812. The first-order chi connectivity index (χ1) is 13.9. The molecule has 0 atom stereocenters. The predicted octanol–water partition coefficient (Wildman–Crippen LogP) is 3.52. The van der Waals surface area contributed by atoms with Crippen LogP contribution in [0.15, 0.2) is 34.6 Å². The molecule has 0 aliphatic rings. The average Bonchev–Trinajstić information content (AvgIpc) is 3.16. The minimum absolute atomic E-state index is 0.122. The molecule has 2 aromatic rings. The normalized spacial score (nSPS) is 11.0. The highest BCUT2D eigenvalue weighted by molar-refractivity contribution is 7.18. The molecule has 0 aliphatic heterocycles. The third kappa shape index (κ3) is 6.85. The highest BCUT2D eigenvalue weighted by Gasteiger charge is 2.13. The Balaban J connectivity index is 2.30. The van der Waals surface area contributed by atoms with Gasteiger partial charge in [0.25, 0.3) is 0 Å². The molecule has 29 heavy (non-hydrogen) atoms. The molecule has 0 fully saturated rings. The van der Waals surface area contributed by atoms with E-state index < -0.39 is 4.92 Å². The van der Waals surface area contributed by atoms with Gasteiger partial charge < -0.3 is 19.7 Å². The Morgan fingerprint density at radius 1 is 1.28 bits per heavy atom. The Labute approximate surface area is 171 Å². The van der Waals surface area contributed by atoms with Crippen LogP contribution < -0.4 is 10.2 Å². The minimum Gasteiger partial charge on any atom is -0.383 e. The molecule has 0 radical (unpaired) electrons. The topological polar surface area (TPSA) is 132 Å². The zero-order valence-electron chi connectivity index (χ0n) is 16.3. The van der Waals surface area contributed by atoms with Gasteiger partial charge in [0, 0.05) is 39.9 Å².